The molecule has 0 N–H and O–H groups in total. The Labute approximate surface area is 94.6 Å². The predicted molar refractivity (Wildman–Crippen MR) is 63.1 cm³/mol. The maximum Gasteiger partial charge on any atom is 0.181 e. The van der Waals surface area contributed by atoms with Crippen LogP contribution in [0, 0.1) is 0 Å². The highest BCUT2D eigenvalue weighted by molar-refractivity contribution is 7.80. The lowest BCUT2D eigenvalue weighted by atomic mass is 10.2. The van der Waals surface area contributed by atoms with Crippen molar-refractivity contribution in [2.24, 2.45) is 0 Å². The average Bonchev–Trinajstić information content (AvgIpc) is 2.68. The minimum absolute atomic E-state index is 0.343. The molecule has 0 atom stereocenters. The molecule has 0 saturated heterocycles. The minimum Gasteiger partial charge on any atom is -0.250 e. The molecule has 1 heterocycles. The topological polar surface area (TPSA) is 30.7 Å². The second-order valence-corrected chi connectivity index (χ2v) is 4.21. The minimum atomic E-state index is 0.343. The van der Waals surface area contributed by atoms with Gasteiger partial charge in [-0.2, -0.15) is 5.10 Å². The molecule has 0 fully saturated rings. The lowest BCUT2D eigenvalue weighted by Crippen LogP contribution is -2.00. The van der Waals surface area contributed by atoms with Gasteiger partial charge < -0.3 is 0 Å². The Balaban J connectivity index is 2.33. The summed E-state index contributed by atoms with van der Waals surface area (Å²) >= 11 is 4.24. The first-order chi connectivity index (χ1) is 7.16. The Morgan fingerprint density at radius 1 is 1.20 bits per heavy atom. The molecule has 1 aromatic carbocycles. The number of hydrogen-bond acceptors (Lipinski definition) is 3. The van der Waals surface area contributed by atoms with Gasteiger partial charge in [-0.3, -0.25) is 0 Å². The summed E-state index contributed by atoms with van der Waals surface area (Å²) in [4.78, 5) is 5.21. The highest BCUT2D eigenvalue weighted by atomic mass is 32.1. The molecule has 0 radical (unpaired) electrons. The van der Waals surface area contributed by atoms with Crippen LogP contribution in [0.5, 0.6) is 0 Å². The summed E-state index contributed by atoms with van der Waals surface area (Å²) in [7, 11) is 0. The van der Waals surface area contributed by atoms with Gasteiger partial charge in [0.25, 0.3) is 0 Å². The first-order valence-electron chi connectivity index (χ1n) is 4.87. The van der Waals surface area contributed by atoms with Crippen LogP contribution in [0.4, 0.5) is 0 Å². The standard InChI is InChI=1S/C11H13N3S/c1-8(2)14-7-12-11(13-14)9-3-5-10(15)6-4-9/h3-8,15H,1-2H3. The monoisotopic (exact) mass is 219 g/mol. The van der Waals surface area contributed by atoms with E-state index in [2.05, 4.69) is 36.6 Å². The van der Waals surface area contributed by atoms with E-state index in [1.54, 1.807) is 6.33 Å². The molecular formula is C11H13N3S. The number of aromatic nitrogens is 3. The summed E-state index contributed by atoms with van der Waals surface area (Å²) < 4.78 is 1.85. The van der Waals surface area contributed by atoms with Crippen molar-refractivity contribution in [2.75, 3.05) is 0 Å². The van der Waals surface area contributed by atoms with Gasteiger partial charge in [0.2, 0.25) is 0 Å². The zero-order chi connectivity index (χ0) is 10.8. The van der Waals surface area contributed by atoms with Crippen LogP contribution in [0.3, 0.4) is 0 Å². The number of benzene rings is 1. The van der Waals surface area contributed by atoms with Crippen molar-refractivity contribution in [1.82, 2.24) is 14.8 Å². The van der Waals surface area contributed by atoms with E-state index in [0.717, 1.165) is 16.3 Å². The first-order valence-corrected chi connectivity index (χ1v) is 5.32. The molecule has 2 rings (SSSR count). The Kier molecular flexibility index (Phi) is 2.77. The van der Waals surface area contributed by atoms with Crippen LogP contribution >= 0.6 is 12.6 Å². The molecule has 3 nitrogen and oxygen atoms in total. The van der Waals surface area contributed by atoms with Crippen molar-refractivity contribution in [3.63, 3.8) is 0 Å². The lowest BCUT2D eigenvalue weighted by Gasteiger charge is -2.02. The van der Waals surface area contributed by atoms with Gasteiger partial charge in [0.1, 0.15) is 6.33 Å². The van der Waals surface area contributed by atoms with Crippen molar-refractivity contribution in [2.45, 2.75) is 24.8 Å². The third kappa shape index (κ3) is 2.21. The molecule has 1 aromatic heterocycles. The number of hydrogen-bond donors (Lipinski definition) is 1. The fourth-order valence-electron chi connectivity index (χ4n) is 1.27. The summed E-state index contributed by atoms with van der Waals surface area (Å²) in [6.07, 6.45) is 1.76. The smallest absolute Gasteiger partial charge is 0.181 e. The predicted octanol–water partition coefficient (Wildman–Crippen LogP) is 2.81. The summed E-state index contributed by atoms with van der Waals surface area (Å²) in [5.74, 6) is 0.761. The van der Waals surface area contributed by atoms with Gasteiger partial charge in [-0.25, -0.2) is 9.67 Å². The SMILES string of the molecule is CC(C)n1cnc(-c2ccc(S)cc2)n1. The largest absolute Gasteiger partial charge is 0.250 e. The summed E-state index contributed by atoms with van der Waals surface area (Å²) in [6, 6.07) is 8.17. The van der Waals surface area contributed by atoms with Crippen LogP contribution in [0.1, 0.15) is 19.9 Å². The molecule has 4 heteroatoms. The molecule has 0 unspecified atom stereocenters. The Morgan fingerprint density at radius 2 is 1.87 bits per heavy atom. The Morgan fingerprint density at radius 3 is 2.40 bits per heavy atom. The van der Waals surface area contributed by atoms with Gasteiger partial charge >= 0.3 is 0 Å². The molecule has 15 heavy (non-hydrogen) atoms. The Hall–Kier alpha value is -1.29. The fourth-order valence-corrected chi connectivity index (χ4v) is 1.42. The summed E-state index contributed by atoms with van der Waals surface area (Å²) in [6.45, 7) is 4.16. The molecule has 0 aliphatic carbocycles. The van der Waals surface area contributed by atoms with Crippen LogP contribution in [0.15, 0.2) is 35.5 Å². The first kappa shape index (κ1) is 10.2. The van der Waals surface area contributed by atoms with E-state index < -0.39 is 0 Å². The van der Waals surface area contributed by atoms with Crippen LogP contribution in [-0.4, -0.2) is 14.8 Å². The molecule has 78 valence electrons. The molecule has 0 bridgehead atoms. The van der Waals surface area contributed by atoms with Crippen LogP contribution in [-0.2, 0) is 0 Å². The van der Waals surface area contributed by atoms with Crippen molar-refractivity contribution in [1.29, 1.82) is 0 Å². The van der Waals surface area contributed by atoms with E-state index in [9.17, 15) is 0 Å². The van der Waals surface area contributed by atoms with Gasteiger partial charge in [-0.1, -0.05) is 12.1 Å². The Bertz CT molecular complexity index is 445. The zero-order valence-electron chi connectivity index (χ0n) is 8.75. The van der Waals surface area contributed by atoms with Gasteiger partial charge in [0.15, 0.2) is 5.82 Å². The second-order valence-electron chi connectivity index (χ2n) is 3.69. The van der Waals surface area contributed by atoms with Gasteiger partial charge in [0, 0.05) is 16.5 Å². The van der Waals surface area contributed by atoms with Crippen molar-refractivity contribution in [3.05, 3.63) is 30.6 Å². The highest BCUT2D eigenvalue weighted by Crippen LogP contribution is 2.17. The van der Waals surface area contributed by atoms with E-state index in [4.69, 9.17) is 0 Å². The molecule has 0 saturated carbocycles. The van der Waals surface area contributed by atoms with Crippen LogP contribution in [0.25, 0.3) is 11.4 Å². The number of rotatable bonds is 2. The van der Waals surface area contributed by atoms with Gasteiger partial charge in [0.05, 0.1) is 0 Å². The van der Waals surface area contributed by atoms with Crippen molar-refractivity contribution < 1.29 is 0 Å². The maximum atomic E-state index is 4.39. The highest BCUT2D eigenvalue weighted by Gasteiger charge is 2.05. The van der Waals surface area contributed by atoms with E-state index in [1.165, 1.54) is 0 Å². The maximum absolute atomic E-state index is 4.39. The zero-order valence-corrected chi connectivity index (χ0v) is 9.65. The molecule has 0 aliphatic heterocycles. The van der Waals surface area contributed by atoms with Crippen molar-refractivity contribution >= 4 is 12.6 Å². The third-order valence-electron chi connectivity index (χ3n) is 2.16. The molecular weight excluding hydrogens is 206 g/mol. The fraction of sp³-hybridized carbons (Fsp3) is 0.273. The molecule has 0 spiro atoms. The molecule has 0 amide bonds. The van der Waals surface area contributed by atoms with Crippen LogP contribution < -0.4 is 0 Å². The van der Waals surface area contributed by atoms with E-state index >= 15 is 0 Å². The number of thiol groups is 1. The van der Waals surface area contributed by atoms with Gasteiger partial charge in [-0.05, 0) is 26.0 Å². The molecule has 0 aliphatic rings. The summed E-state index contributed by atoms with van der Waals surface area (Å²) in [5, 5.41) is 4.39. The third-order valence-corrected chi connectivity index (χ3v) is 2.46. The second kappa shape index (κ2) is 4.06. The average molecular weight is 219 g/mol. The van der Waals surface area contributed by atoms with Crippen molar-refractivity contribution in [3.8, 4) is 11.4 Å². The molecule has 2 aromatic rings. The van der Waals surface area contributed by atoms with Gasteiger partial charge in [-0.15, -0.1) is 12.6 Å². The number of nitrogens with zero attached hydrogens (tertiary/aromatic N) is 3. The van der Waals surface area contributed by atoms with E-state index in [-0.39, 0.29) is 0 Å². The lowest BCUT2D eigenvalue weighted by molar-refractivity contribution is 0.532. The normalized spacial score (nSPS) is 10.9. The summed E-state index contributed by atoms with van der Waals surface area (Å²) in [5.41, 5.74) is 1.02. The van der Waals surface area contributed by atoms with E-state index in [1.807, 2.05) is 28.9 Å². The van der Waals surface area contributed by atoms with Crippen LogP contribution in [0.2, 0.25) is 0 Å². The quantitative estimate of drug-likeness (QED) is 0.787. The van der Waals surface area contributed by atoms with E-state index in [0.29, 0.717) is 6.04 Å².